The van der Waals surface area contributed by atoms with Crippen LogP contribution < -0.4 is 16.7 Å². The lowest BCUT2D eigenvalue weighted by molar-refractivity contribution is 0.294. The lowest BCUT2D eigenvalue weighted by atomic mass is 10.3. The minimum atomic E-state index is -0.727. The highest BCUT2D eigenvalue weighted by atomic mass is 16.3. The monoisotopic (exact) mass is 228 g/mol. The molecule has 16 heavy (non-hydrogen) atoms. The van der Waals surface area contributed by atoms with Gasteiger partial charge in [-0.15, -0.1) is 0 Å². The molecule has 0 aromatic carbocycles. The maximum absolute atomic E-state index is 11.3. The molecule has 1 rings (SSSR count). The van der Waals surface area contributed by atoms with Gasteiger partial charge in [0, 0.05) is 7.05 Å². The molecule has 0 saturated carbocycles. The lowest BCUT2D eigenvalue weighted by Crippen LogP contribution is -2.30. The van der Waals surface area contributed by atoms with Crippen molar-refractivity contribution in [1.29, 1.82) is 0 Å². The Morgan fingerprint density at radius 3 is 2.88 bits per heavy atom. The number of aromatic nitrogens is 2. The van der Waals surface area contributed by atoms with E-state index >= 15 is 0 Å². The molecule has 1 aromatic rings. The fraction of sp³-hybridized carbons (Fsp3) is 0.375. The number of H-pyrrole nitrogens is 1. The number of hydrogen-bond donors (Lipinski definition) is 4. The van der Waals surface area contributed by atoms with Crippen molar-refractivity contribution in [3.8, 4) is 5.88 Å². The Bertz CT molecular complexity index is 502. The summed E-state index contributed by atoms with van der Waals surface area (Å²) in [6.07, 6.45) is 1.07. The van der Waals surface area contributed by atoms with Crippen molar-refractivity contribution in [2.24, 2.45) is 12.1 Å². The maximum Gasteiger partial charge on any atom is 0.330 e. The molecule has 1 heterocycles. The molecule has 0 radical (unpaired) electrons. The number of nitrogens with zero attached hydrogens (tertiary/aromatic N) is 2. The maximum atomic E-state index is 11.3. The summed E-state index contributed by atoms with van der Waals surface area (Å²) in [6.45, 7) is 0.119. The fourth-order valence-corrected chi connectivity index (χ4v) is 0.968. The number of aromatic amines is 1. The average molecular weight is 228 g/mol. The molecule has 0 atom stereocenters. The van der Waals surface area contributed by atoms with E-state index in [4.69, 9.17) is 5.11 Å². The zero-order valence-corrected chi connectivity index (χ0v) is 8.60. The quantitative estimate of drug-likeness (QED) is 0.262. The third-order valence-corrected chi connectivity index (χ3v) is 1.84. The molecule has 0 unspecified atom stereocenters. The molecule has 8 heteroatoms. The van der Waals surface area contributed by atoms with E-state index in [0.29, 0.717) is 0 Å². The molecular formula is C8H12N4O4. The summed E-state index contributed by atoms with van der Waals surface area (Å²) in [5, 5.41) is 21.5. The van der Waals surface area contributed by atoms with E-state index in [1.54, 1.807) is 0 Å². The first-order valence-corrected chi connectivity index (χ1v) is 4.47. The van der Waals surface area contributed by atoms with Crippen LogP contribution >= 0.6 is 0 Å². The van der Waals surface area contributed by atoms with Crippen LogP contribution in [0.4, 0.5) is 0 Å². The highest BCUT2D eigenvalue weighted by molar-refractivity contribution is 5.81. The lowest BCUT2D eigenvalue weighted by Gasteiger charge is -2.02. The van der Waals surface area contributed by atoms with E-state index in [-0.39, 0.29) is 18.7 Å². The molecule has 8 nitrogen and oxygen atoms in total. The summed E-state index contributed by atoms with van der Waals surface area (Å²) < 4.78 is 0.884. The second-order valence-corrected chi connectivity index (χ2v) is 2.95. The van der Waals surface area contributed by atoms with Gasteiger partial charge in [-0.1, -0.05) is 0 Å². The summed E-state index contributed by atoms with van der Waals surface area (Å²) in [6, 6.07) is 0. The van der Waals surface area contributed by atoms with Gasteiger partial charge < -0.3 is 15.6 Å². The molecule has 0 fully saturated rings. The number of hydrazone groups is 1. The number of hydrogen-bond acceptors (Lipinski definition) is 6. The van der Waals surface area contributed by atoms with Crippen molar-refractivity contribution >= 4 is 6.21 Å². The van der Waals surface area contributed by atoms with Gasteiger partial charge in [0.2, 0.25) is 5.88 Å². The number of nitrogens with one attached hydrogen (secondary N) is 2. The Labute approximate surface area is 89.9 Å². The first-order chi connectivity index (χ1) is 7.57. The van der Waals surface area contributed by atoms with Crippen LogP contribution in [0.1, 0.15) is 5.56 Å². The third-order valence-electron chi connectivity index (χ3n) is 1.84. The third kappa shape index (κ3) is 2.48. The molecule has 0 aliphatic heterocycles. The fourth-order valence-electron chi connectivity index (χ4n) is 0.968. The molecule has 0 aliphatic carbocycles. The Morgan fingerprint density at radius 2 is 2.25 bits per heavy atom. The van der Waals surface area contributed by atoms with Crippen LogP contribution in [0, 0.1) is 0 Å². The summed E-state index contributed by atoms with van der Waals surface area (Å²) in [5.41, 5.74) is 0.876. The molecule has 0 saturated heterocycles. The Balaban J connectivity index is 3.06. The first-order valence-electron chi connectivity index (χ1n) is 4.47. The normalized spacial score (nSPS) is 10.9. The summed E-state index contributed by atoms with van der Waals surface area (Å²) in [5.74, 6) is -0.469. The number of aliphatic hydroxyl groups is 1. The molecular weight excluding hydrogens is 216 g/mol. The van der Waals surface area contributed by atoms with Gasteiger partial charge in [0.1, 0.15) is 5.56 Å². The van der Waals surface area contributed by atoms with E-state index in [1.807, 2.05) is 4.98 Å². The van der Waals surface area contributed by atoms with Crippen LogP contribution in [0.3, 0.4) is 0 Å². The molecule has 0 spiro atoms. The Kier molecular flexibility index (Phi) is 3.84. The van der Waals surface area contributed by atoms with Gasteiger partial charge in [-0.2, -0.15) is 5.10 Å². The number of aromatic hydroxyl groups is 1. The van der Waals surface area contributed by atoms with Crippen molar-refractivity contribution in [1.82, 2.24) is 15.0 Å². The van der Waals surface area contributed by atoms with Gasteiger partial charge in [0.15, 0.2) is 0 Å². The van der Waals surface area contributed by atoms with Crippen LogP contribution in [-0.4, -0.2) is 39.1 Å². The summed E-state index contributed by atoms with van der Waals surface area (Å²) >= 11 is 0. The van der Waals surface area contributed by atoms with E-state index in [9.17, 15) is 14.7 Å². The van der Waals surface area contributed by atoms with Gasteiger partial charge in [0.05, 0.1) is 19.4 Å². The topological polar surface area (TPSA) is 120 Å². The molecule has 4 N–H and O–H groups in total. The van der Waals surface area contributed by atoms with Crippen molar-refractivity contribution < 1.29 is 10.2 Å². The SMILES string of the molecule is Cn1c(O)c(/C=N/NCCO)c(=O)[nH]c1=O. The predicted molar refractivity (Wildman–Crippen MR) is 56.7 cm³/mol. The van der Waals surface area contributed by atoms with Gasteiger partial charge in [-0.3, -0.25) is 14.3 Å². The Hall–Kier alpha value is -2.09. The largest absolute Gasteiger partial charge is 0.494 e. The van der Waals surface area contributed by atoms with E-state index in [2.05, 4.69) is 10.5 Å². The minimum Gasteiger partial charge on any atom is -0.494 e. The van der Waals surface area contributed by atoms with E-state index in [0.717, 1.165) is 10.8 Å². The van der Waals surface area contributed by atoms with Crippen LogP contribution in [0.5, 0.6) is 5.88 Å². The predicted octanol–water partition coefficient (Wildman–Crippen LogP) is -2.30. The first kappa shape index (κ1) is 12.0. The van der Waals surface area contributed by atoms with Crippen molar-refractivity contribution in [3.05, 3.63) is 26.4 Å². The molecule has 0 aliphatic rings. The molecule has 88 valence electrons. The van der Waals surface area contributed by atoms with Gasteiger partial charge in [-0.05, 0) is 0 Å². The standard InChI is InChI=1S/C8H12N4O4/c1-12-7(15)5(4-10-9-2-3-13)6(14)11-8(12)16/h4,9,13,15H,2-3H2,1H3,(H,11,14,16)/b10-4+. The van der Waals surface area contributed by atoms with Crippen molar-refractivity contribution in [2.45, 2.75) is 0 Å². The molecule has 0 bridgehead atoms. The van der Waals surface area contributed by atoms with Crippen LogP contribution in [-0.2, 0) is 7.05 Å². The molecule has 1 aromatic heterocycles. The number of aliphatic hydroxyl groups excluding tert-OH is 1. The number of rotatable bonds is 4. The van der Waals surface area contributed by atoms with Crippen molar-refractivity contribution in [2.75, 3.05) is 13.2 Å². The van der Waals surface area contributed by atoms with Crippen LogP contribution in [0.15, 0.2) is 14.7 Å². The van der Waals surface area contributed by atoms with Crippen molar-refractivity contribution in [3.63, 3.8) is 0 Å². The summed E-state index contributed by atoms with van der Waals surface area (Å²) in [7, 11) is 1.31. The average Bonchev–Trinajstić information content (AvgIpc) is 2.25. The van der Waals surface area contributed by atoms with E-state index in [1.165, 1.54) is 7.05 Å². The zero-order valence-electron chi connectivity index (χ0n) is 8.60. The van der Waals surface area contributed by atoms with Gasteiger partial charge in [-0.25, -0.2) is 4.79 Å². The Morgan fingerprint density at radius 1 is 1.56 bits per heavy atom. The van der Waals surface area contributed by atoms with Crippen LogP contribution in [0.2, 0.25) is 0 Å². The summed E-state index contributed by atoms with van der Waals surface area (Å²) in [4.78, 5) is 24.3. The van der Waals surface area contributed by atoms with Gasteiger partial charge in [0.25, 0.3) is 5.56 Å². The minimum absolute atomic E-state index is 0.104. The smallest absolute Gasteiger partial charge is 0.330 e. The molecule has 0 amide bonds. The second kappa shape index (κ2) is 5.12. The van der Waals surface area contributed by atoms with Gasteiger partial charge >= 0.3 is 5.69 Å². The highest BCUT2D eigenvalue weighted by Gasteiger charge is 2.08. The zero-order chi connectivity index (χ0) is 12.1. The second-order valence-electron chi connectivity index (χ2n) is 2.95. The van der Waals surface area contributed by atoms with E-state index < -0.39 is 17.1 Å². The van der Waals surface area contributed by atoms with Crippen LogP contribution in [0.25, 0.3) is 0 Å². The highest BCUT2D eigenvalue weighted by Crippen LogP contribution is 2.04.